The lowest BCUT2D eigenvalue weighted by atomic mass is 9.93. The maximum Gasteiger partial charge on any atom is 0.221 e. The van der Waals surface area contributed by atoms with Crippen molar-refractivity contribution in [2.75, 3.05) is 13.1 Å². The molecule has 1 saturated heterocycles. The molecule has 2 N–H and O–H groups in total. The van der Waals surface area contributed by atoms with Gasteiger partial charge in [-0.05, 0) is 64.3 Å². The largest absolute Gasteiger partial charge is 0.344 e. The first-order chi connectivity index (χ1) is 11.0. The highest BCUT2D eigenvalue weighted by Gasteiger charge is 2.28. The van der Waals surface area contributed by atoms with Crippen LogP contribution in [0.25, 0.3) is 5.52 Å². The van der Waals surface area contributed by atoms with Crippen LogP contribution < -0.4 is 10.6 Å². The van der Waals surface area contributed by atoms with Crippen LogP contribution in [-0.4, -0.2) is 28.4 Å². The van der Waals surface area contributed by atoms with E-state index in [1.807, 2.05) is 32.3 Å². The van der Waals surface area contributed by atoms with Crippen LogP contribution in [0.4, 0.5) is 0 Å². The van der Waals surface area contributed by atoms with E-state index in [1.54, 1.807) is 0 Å². The minimum absolute atomic E-state index is 0.117. The Morgan fingerprint density at radius 3 is 2.91 bits per heavy atom. The molecule has 2 aromatic heterocycles. The lowest BCUT2D eigenvalue weighted by Gasteiger charge is -2.27. The Morgan fingerprint density at radius 1 is 1.43 bits per heavy atom. The molecule has 0 aromatic carbocycles. The number of hydrogen-bond donors (Lipinski definition) is 2. The second-order valence-electron chi connectivity index (χ2n) is 7.10. The van der Waals surface area contributed by atoms with Gasteiger partial charge in [0.2, 0.25) is 5.91 Å². The molecule has 0 saturated carbocycles. The number of nitrogens with zero attached hydrogens (tertiary/aromatic N) is 2. The van der Waals surface area contributed by atoms with Gasteiger partial charge in [0.15, 0.2) is 0 Å². The number of carbonyl (C=O) groups excluding carboxylic acids is 1. The van der Waals surface area contributed by atoms with Crippen LogP contribution >= 0.6 is 0 Å². The zero-order valence-corrected chi connectivity index (χ0v) is 14.2. The molecule has 2 aromatic rings. The Morgan fingerprint density at radius 2 is 2.17 bits per heavy atom. The van der Waals surface area contributed by atoms with Crippen molar-refractivity contribution in [1.82, 2.24) is 20.0 Å². The standard InChI is InChI=1S/C18H26N4O/c1-13-5-4-10-22-15(13)12-20-17(22)18(2,3)21-16(23)11-14-6-8-19-9-7-14/h4-5,10,12,14,19H,6-9,11H2,1-3H3,(H,21,23). The molecule has 3 rings (SSSR count). The number of hydrogen-bond acceptors (Lipinski definition) is 3. The van der Waals surface area contributed by atoms with Crippen molar-refractivity contribution in [3.05, 3.63) is 35.9 Å². The Kier molecular flexibility index (Phi) is 4.39. The molecule has 0 bridgehead atoms. The van der Waals surface area contributed by atoms with Crippen LogP contribution in [0.1, 0.15) is 44.5 Å². The minimum atomic E-state index is -0.496. The number of nitrogens with one attached hydrogen (secondary N) is 2. The Labute approximate surface area is 137 Å². The molecule has 0 aliphatic carbocycles. The smallest absolute Gasteiger partial charge is 0.221 e. The van der Waals surface area contributed by atoms with Crippen molar-refractivity contribution in [1.29, 1.82) is 0 Å². The van der Waals surface area contributed by atoms with Gasteiger partial charge in [0.25, 0.3) is 0 Å². The molecule has 5 heteroatoms. The molecule has 1 aliphatic heterocycles. The number of pyridine rings is 1. The van der Waals surface area contributed by atoms with Crippen molar-refractivity contribution >= 4 is 11.4 Å². The first-order valence-electron chi connectivity index (χ1n) is 8.42. The molecular weight excluding hydrogens is 288 g/mol. The van der Waals surface area contributed by atoms with E-state index in [1.165, 1.54) is 5.56 Å². The van der Waals surface area contributed by atoms with E-state index < -0.39 is 5.54 Å². The highest BCUT2D eigenvalue weighted by molar-refractivity contribution is 5.77. The molecule has 1 fully saturated rings. The van der Waals surface area contributed by atoms with Gasteiger partial charge in [-0.2, -0.15) is 0 Å². The minimum Gasteiger partial charge on any atom is -0.344 e. The summed E-state index contributed by atoms with van der Waals surface area (Å²) >= 11 is 0. The van der Waals surface area contributed by atoms with E-state index >= 15 is 0 Å². The number of rotatable bonds is 4. The van der Waals surface area contributed by atoms with E-state index in [2.05, 4.69) is 33.0 Å². The van der Waals surface area contributed by atoms with Gasteiger partial charge in [-0.25, -0.2) is 4.98 Å². The number of imidazole rings is 1. The maximum atomic E-state index is 12.5. The average Bonchev–Trinajstić information content (AvgIpc) is 2.94. The fourth-order valence-electron chi connectivity index (χ4n) is 3.43. The summed E-state index contributed by atoms with van der Waals surface area (Å²) in [7, 11) is 0. The quantitative estimate of drug-likeness (QED) is 0.911. The predicted octanol–water partition coefficient (Wildman–Crippen LogP) is 2.38. The molecule has 0 atom stereocenters. The Hall–Kier alpha value is -1.88. The lowest BCUT2D eigenvalue weighted by Crippen LogP contribution is -2.43. The number of piperidine rings is 1. The third-order valence-corrected chi connectivity index (χ3v) is 4.73. The fourth-order valence-corrected chi connectivity index (χ4v) is 3.43. The topological polar surface area (TPSA) is 58.4 Å². The molecule has 124 valence electrons. The Bertz CT molecular complexity index is 698. The fraction of sp³-hybridized carbons (Fsp3) is 0.556. The van der Waals surface area contributed by atoms with Crippen LogP contribution in [0, 0.1) is 12.8 Å². The maximum absolute atomic E-state index is 12.5. The van der Waals surface area contributed by atoms with Gasteiger partial charge < -0.3 is 15.0 Å². The molecule has 1 aliphatic rings. The van der Waals surface area contributed by atoms with Crippen LogP contribution in [0.15, 0.2) is 24.5 Å². The van der Waals surface area contributed by atoms with E-state index in [9.17, 15) is 4.79 Å². The summed E-state index contributed by atoms with van der Waals surface area (Å²) in [6, 6.07) is 4.09. The molecular formula is C18H26N4O. The van der Waals surface area contributed by atoms with Gasteiger partial charge in [-0.3, -0.25) is 4.79 Å². The SMILES string of the molecule is Cc1cccn2c(C(C)(C)NC(=O)CC3CCNCC3)ncc12. The molecule has 0 radical (unpaired) electrons. The van der Waals surface area contributed by atoms with Crippen molar-refractivity contribution in [3.8, 4) is 0 Å². The third-order valence-electron chi connectivity index (χ3n) is 4.73. The van der Waals surface area contributed by atoms with E-state index in [4.69, 9.17) is 0 Å². The van der Waals surface area contributed by atoms with Crippen LogP contribution in [-0.2, 0) is 10.3 Å². The number of amides is 1. The van der Waals surface area contributed by atoms with E-state index in [-0.39, 0.29) is 5.91 Å². The number of aromatic nitrogens is 2. The van der Waals surface area contributed by atoms with E-state index in [0.29, 0.717) is 12.3 Å². The van der Waals surface area contributed by atoms with Crippen molar-refractivity contribution < 1.29 is 4.79 Å². The summed E-state index contributed by atoms with van der Waals surface area (Å²) < 4.78 is 2.07. The first kappa shape index (κ1) is 16.0. The van der Waals surface area contributed by atoms with Gasteiger partial charge in [0.05, 0.1) is 17.3 Å². The van der Waals surface area contributed by atoms with Gasteiger partial charge >= 0.3 is 0 Å². The first-order valence-corrected chi connectivity index (χ1v) is 8.42. The summed E-state index contributed by atoms with van der Waals surface area (Å²) in [5.41, 5.74) is 1.77. The summed E-state index contributed by atoms with van der Waals surface area (Å²) in [6.07, 6.45) is 6.66. The number of fused-ring (bicyclic) bond motifs is 1. The molecule has 5 nitrogen and oxygen atoms in total. The van der Waals surface area contributed by atoms with E-state index in [0.717, 1.165) is 37.3 Å². The average molecular weight is 314 g/mol. The normalized spacial score (nSPS) is 16.7. The summed E-state index contributed by atoms with van der Waals surface area (Å²) in [5.74, 6) is 1.48. The third kappa shape index (κ3) is 3.39. The van der Waals surface area contributed by atoms with Gasteiger partial charge in [0, 0.05) is 12.6 Å². The molecule has 0 spiro atoms. The van der Waals surface area contributed by atoms with Gasteiger partial charge in [0.1, 0.15) is 5.82 Å². The van der Waals surface area contributed by atoms with Crippen LogP contribution in [0.5, 0.6) is 0 Å². The van der Waals surface area contributed by atoms with Gasteiger partial charge in [-0.1, -0.05) is 6.07 Å². The second kappa shape index (κ2) is 6.32. The number of carbonyl (C=O) groups is 1. The predicted molar refractivity (Wildman–Crippen MR) is 91.3 cm³/mol. The number of aryl methyl sites for hydroxylation is 1. The van der Waals surface area contributed by atoms with Crippen molar-refractivity contribution in [3.63, 3.8) is 0 Å². The monoisotopic (exact) mass is 314 g/mol. The zero-order valence-electron chi connectivity index (χ0n) is 14.2. The van der Waals surface area contributed by atoms with Crippen LogP contribution in [0.3, 0.4) is 0 Å². The van der Waals surface area contributed by atoms with Gasteiger partial charge in [-0.15, -0.1) is 0 Å². The highest BCUT2D eigenvalue weighted by Crippen LogP contribution is 2.23. The van der Waals surface area contributed by atoms with Crippen molar-refractivity contribution in [2.45, 2.75) is 45.6 Å². The summed E-state index contributed by atoms with van der Waals surface area (Å²) in [5, 5.41) is 6.51. The Balaban J connectivity index is 1.74. The van der Waals surface area contributed by atoms with Crippen LogP contribution in [0.2, 0.25) is 0 Å². The lowest BCUT2D eigenvalue weighted by molar-refractivity contribution is -0.124. The molecule has 1 amide bonds. The second-order valence-corrected chi connectivity index (χ2v) is 7.10. The zero-order chi connectivity index (χ0) is 16.4. The molecule has 3 heterocycles. The molecule has 23 heavy (non-hydrogen) atoms. The highest BCUT2D eigenvalue weighted by atomic mass is 16.1. The molecule has 0 unspecified atom stereocenters. The summed E-state index contributed by atoms with van der Waals surface area (Å²) in [4.78, 5) is 17.0. The summed E-state index contributed by atoms with van der Waals surface area (Å²) in [6.45, 7) is 8.15. The van der Waals surface area contributed by atoms with Crippen molar-refractivity contribution in [2.24, 2.45) is 5.92 Å².